The van der Waals surface area contributed by atoms with Crippen LogP contribution in [0.3, 0.4) is 0 Å². The molecule has 0 fully saturated rings. The van der Waals surface area contributed by atoms with Gasteiger partial charge < -0.3 is 5.73 Å². The van der Waals surface area contributed by atoms with Gasteiger partial charge in [0.05, 0.1) is 5.75 Å². The van der Waals surface area contributed by atoms with Crippen molar-refractivity contribution in [2.24, 2.45) is 5.73 Å². The Morgan fingerprint density at radius 1 is 1.38 bits per heavy atom. The van der Waals surface area contributed by atoms with Crippen molar-refractivity contribution in [2.45, 2.75) is 12.3 Å². The summed E-state index contributed by atoms with van der Waals surface area (Å²) in [4.78, 5) is 0. The molecule has 0 aliphatic heterocycles. The maximum atomic E-state index is 11.3. The molecular formula is C11H13NO2S2. The molecule has 16 heavy (non-hydrogen) atoms. The van der Waals surface area contributed by atoms with E-state index >= 15 is 0 Å². The molecule has 2 aromatic rings. The topological polar surface area (TPSA) is 60.2 Å². The largest absolute Gasteiger partial charge is 0.326 e. The number of sulfone groups is 1. The van der Waals surface area contributed by atoms with Crippen molar-refractivity contribution in [1.29, 1.82) is 0 Å². The molecule has 0 unspecified atom stereocenters. The van der Waals surface area contributed by atoms with Gasteiger partial charge in [-0.1, -0.05) is 6.07 Å². The maximum Gasteiger partial charge on any atom is 0.151 e. The second-order valence-corrected chi connectivity index (χ2v) is 6.92. The van der Waals surface area contributed by atoms with Crippen LogP contribution >= 0.6 is 11.3 Å². The highest BCUT2D eigenvalue weighted by molar-refractivity contribution is 7.89. The second-order valence-electron chi connectivity index (χ2n) is 3.87. The van der Waals surface area contributed by atoms with Crippen molar-refractivity contribution in [3.8, 4) is 0 Å². The van der Waals surface area contributed by atoms with E-state index in [0.717, 1.165) is 21.2 Å². The summed E-state index contributed by atoms with van der Waals surface area (Å²) in [6.07, 6.45) is 1.25. The van der Waals surface area contributed by atoms with Crippen molar-refractivity contribution in [1.82, 2.24) is 0 Å². The standard InChI is InChI=1S/C11H13NO2S2/c1-16(13,14)7-9-6-15-11-3-2-8(5-12)4-10(9)11/h2-4,6H,5,7,12H2,1H3. The van der Waals surface area contributed by atoms with Crippen LogP contribution in [-0.4, -0.2) is 14.7 Å². The fourth-order valence-electron chi connectivity index (χ4n) is 1.65. The third-order valence-electron chi connectivity index (χ3n) is 2.37. The summed E-state index contributed by atoms with van der Waals surface area (Å²) >= 11 is 1.57. The first-order chi connectivity index (χ1) is 7.49. The second kappa shape index (κ2) is 4.16. The van der Waals surface area contributed by atoms with Gasteiger partial charge in [-0.15, -0.1) is 11.3 Å². The van der Waals surface area contributed by atoms with Crippen LogP contribution in [0.5, 0.6) is 0 Å². The average Bonchev–Trinajstić information content (AvgIpc) is 2.58. The van der Waals surface area contributed by atoms with E-state index in [9.17, 15) is 8.42 Å². The van der Waals surface area contributed by atoms with Gasteiger partial charge in [0.2, 0.25) is 0 Å². The minimum atomic E-state index is -2.98. The van der Waals surface area contributed by atoms with Gasteiger partial charge in [0.15, 0.2) is 9.84 Å². The highest BCUT2D eigenvalue weighted by atomic mass is 32.2. The lowest BCUT2D eigenvalue weighted by Crippen LogP contribution is -2.00. The Labute approximate surface area is 98.8 Å². The van der Waals surface area contributed by atoms with E-state index in [2.05, 4.69) is 0 Å². The number of hydrogen-bond acceptors (Lipinski definition) is 4. The number of rotatable bonds is 3. The molecule has 1 aromatic heterocycles. The summed E-state index contributed by atoms with van der Waals surface area (Å²) in [6, 6.07) is 5.95. The van der Waals surface area contributed by atoms with E-state index in [-0.39, 0.29) is 5.75 Å². The zero-order valence-electron chi connectivity index (χ0n) is 8.93. The summed E-state index contributed by atoms with van der Waals surface area (Å²) in [5, 5.41) is 2.92. The zero-order chi connectivity index (χ0) is 11.8. The van der Waals surface area contributed by atoms with Crippen molar-refractivity contribution in [3.05, 3.63) is 34.7 Å². The normalized spacial score (nSPS) is 12.1. The van der Waals surface area contributed by atoms with E-state index in [1.807, 2.05) is 23.6 Å². The van der Waals surface area contributed by atoms with Gasteiger partial charge in [-0.05, 0) is 34.0 Å². The number of fused-ring (bicyclic) bond motifs is 1. The average molecular weight is 255 g/mol. The highest BCUT2D eigenvalue weighted by Crippen LogP contribution is 2.28. The molecule has 0 aliphatic rings. The SMILES string of the molecule is CS(=O)(=O)Cc1csc2ccc(CN)cc12. The van der Waals surface area contributed by atoms with Crippen molar-refractivity contribution in [2.75, 3.05) is 6.26 Å². The van der Waals surface area contributed by atoms with Crippen LogP contribution in [0.2, 0.25) is 0 Å². The highest BCUT2D eigenvalue weighted by Gasteiger charge is 2.10. The van der Waals surface area contributed by atoms with Gasteiger partial charge in [0.25, 0.3) is 0 Å². The van der Waals surface area contributed by atoms with Gasteiger partial charge in [-0.25, -0.2) is 8.42 Å². The molecule has 2 rings (SSSR count). The summed E-state index contributed by atoms with van der Waals surface area (Å²) in [7, 11) is -2.98. The monoisotopic (exact) mass is 255 g/mol. The molecule has 86 valence electrons. The Kier molecular flexibility index (Phi) is 3.01. The fraction of sp³-hybridized carbons (Fsp3) is 0.273. The molecule has 2 N–H and O–H groups in total. The first kappa shape index (κ1) is 11.6. The van der Waals surface area contributed by atoms with Crippen molar-refractivity contribution >= 4 is 31.3 Å². The number of thiophene rings is 1. The van der Waals surface area contributed by atoms with Crippen LogP contribution in [0.4, 0.5) is 0 Å². The molecule has 0 radical (unpaired) electrons. The molecule has 0 amide bonds. The predicted octanol–water partition coefficient (Wildman–Crippen LogP) is 1.90. The fourth-order valence-corrected chi connectivity index (χ4v) is 3.50. The van der Waals surface area contributed by atoms with E-state index in [0.29, 0.717) is 6.54 Å². The van der Waals surface area contributed by atoms with Crippen LogP contribution in [-0.2, 0) is 22.1 Å². The first-order valence-corrected chi connectivity index (χ1v) is 7.80. The maximum absolute atomic E-state index is 11.3. The molecule has 3 nitrogen and oxygen atoms in total. The van der Waals surface area contributed by atoms with E-state index in [1.165, 1.54) is 6.26 Å². The van der Waals surface area contributed by atoms with Gasteiger partial charge in [0, 0.05) is 17.5 Å². The minimum Gasteiger partial charge on any atom is -0.326 e. The Balaban J connectivity index is 2.54. The number of hydrogen-bond donors (Lipinski definition) is 1. The van der Waals surface area contributed by atoms with E-state index in [1.54, 1.807) is 11.3 Å². The van der Waals surface area contributed by atoms with Gasteiger partial charge >= 0.3 is 0 Å². The van der Waals surface area contributed by atoms with Crippen LogP contribution in [0.25, 0.3) is 10.1 Å². The summed E-state index contributed by atoms with van der Waals surface area (Å²) in [5.74, 6) is 0.0982. The minimum absolute atomic E-state index is 0.0982. The van der Waals surface area contributed by atoms with Crippen LogP contribution in [0.15, 0.2) is 23.6 Å². The molecule has 5 heteroatoms. The Bertz CT molecular complexity index is 614. The van der Waals surface area contributed by atoms with Gasteiger partial charge in [-0.2, -0.15) is 0 Å². The van der Waals surface area contributed by atoms with Crippen LogP contribution < -0.4 is 5.73 Å². The molecule has 0 saturated heterocycles. The molecule has 1 heterocycles. The van der Waals surface area contributed by atoms with Crippen molar-refractivity contribution < 1.29 is 8.42 Å². The first-order valence-electron chi connectivity index (χ1n) is 4.86. The number of benzene rings is 1. The lowest BCUT2D eigenvalue weighted by Gasteiger charge is -2.00. The quantitative estimate of drug-likeness (QED) is 0.911. The summed E-state index contributed by atoms with van der Waals surface area (Å²) in [5.41, 5.74) is 7.47. The third-order valence-corrected chi connectivity index (χ3v) is 4.22. The molecule has 0 spiro atoms. The molecule has 0 saturated carbocycles. The Morgan fingerprint density at radius 2 is 2.12 bits per heavy atom. The van der Waals surface area contributed by atoms with Gasteiger partial charge in [0.1, 0.15) is 0 Å². The van der Waals surface area contributed by atoms with Crippen molar-refractivity contribution in [3.63, 3.8) is 0 Å². The Hall–Kier alpha value is -0.910. The zero-order valence-corrected chi connectivity index (χ0v) is 10.6. The van der Waals surface area contributed by atoms with Crippen LogP contribution in [0, 0.1) is 0 Å². The smallest absolute Gasteiger partial charge is 0.151 e. The van der Waals surface area contributed by atoms with E-state index < -0.39 is 9.84 Å². The molecule has 0 bridgehead atoms. The molecule has 0 atom stereocenters. The Morgan fingerprint density at radius 3 is 2.75 bits per heavy atom. The molecule has 1 aromatic carbocycles. The third kappa shape index (κ3) is 2.42. The lowest BCUT2D eigenvalue weighted by molar-refractivity contribution is 0.601. The molecular weight excluding hydrogens is 242 g/mol. The van der Waals surface area contributed by atoms with Gasteiger partial charge in [-0.3, -0.25) is 0 Å². The van der Waals surface area contributed by atoms with E-state index in [4.69, 9.17) is 5.73 Å². The predicted molar refractivity (Wildman–Crippen MR) is 68.3 cm³/mol. The molecule has 0 aliphatic carbocycles. The van der Waals surface area contributed by atoms with Crippen LogP contribution in [0.1, 0.15) is 11.1 Å². The number of nitrogens with two attached hydrogens (primary N) is 1. The lowest BCUT2D eigenvalue weighted by atomic mass is 10.1. The summed E-state index contributed by atoms with van der Waals surface area (Å²) < 4.78 is 23.7. The summed E-state index contributed by atoms with van der Waals surface area (Å²) in [6.45, 7) is 0.476.